The molecule has 19 heavy (non-hydrogen) atoms. The summed E-state index contributed by atoms with van der Waals surface area (Å²) in [6, 6.07) is 4.08. The van der Waals surface area contributed by atoms with Crippen molar-refractivity contribution >= 4 is 35.3 Å². The van der Waals surface area contributed by atoms with Gasteiger partial charge in [-0.05, 0) is 17.7 Å². The average molecular weight is 307 g/mol. The summed E-state index contributed by atoms with van der Waals surface area (Å²) in [4.78, 5) is 21.4. The first-order valence-corrected chi connectivity index (χ1v) is 6.14. The van der Waals surface area contributed by atoms with Crippen molar-refractivity contribution in [1.29, 1.82) is 0 Å². The van der Waals surface area contributed by atoms with Crippen LogP contribution in [0.5, 0.6) is 0 Å². The van der Waals surface area contributed by atoms with Gasteiger partial charge in [0.25, 0.3) is 0 Å². The molecule has 0 heterocycles. The van der Waals surface area contributed by atoms with Crippen LogP contribution in [0.2, 0.25) is 10.0 Å². The maximum Gasteiger partial charge on any atom is 0.415 e. The Bertz CT molecular complexity index is 482. The van der Waals surface area contributed by atoms with Crippen LogP contribution in [0.15, 0.2) is 18.2 Å². The number of carbonyl (C=O) groups excluding carboxylic acids is 2. The van der Waals surface area contributed by atoms with Gasteiger partial charge in [-0.25, -0.2) is 14.9 Å². The quantitative estimate of drug-likeness (QED) is 0.770. The van der Waals surface area contributed by atoms with Crippen molar-refractivity contribution in [2.24, 2.45) is 5.73 Å². The molecule has 0 fully saturated rings. The molecule has 6 N–H and O–H groups in total. The van der Waals surface area contributed by atoms with E-state index in [1.165, 1.54) is 0 Å². The van der Waals surface area contributed by atoms with E-state index in [4.69, 9.17) is 33.7 Å². The molecular formula is C11H14Cl2N3O3+. The molecule has 0 spiro atoms. The van der Waals surface area contributed by atoms with Gasteiger partial charge in [-0.2, -0.15) is 0 Å². The SMILES string of the molecule is NC(=O)NC(=O)OC[C@H]([NH3+])Cc1ccc(Cl)c(Cl)c1. The summed E-state index contributed by atoms with van der Waals surface area (Å²) in [5.74, 6) is 0. The van der Waals surface area contributed by atoms with Gasteiger partial charge < -0.3 is 16.2 Å². The molecule has 0 saturated heterocycles. The number of primary amides is 1. The van der Waals surface area contributed by atoms with E-state index >= 15 is 0 Å². The standard InChI is InChI=1S/C11H13Cl2N3O3/c12-8-2-1-6(4-9(8)13)3-7(14)5-19-11(18)16-10(15)17/h1-2,4,7H,3,5,14H2,(H3,15,16,17,18)/p+1/t7-/m1/s1. The molecule has 104 valence electrons. The van der Waals surface area contributed by atoms with Gasteiger partial charge in [0.15, 0.2) is 0 Å². The number of alkyl carbamates (subject to hydrolysis) is 1. The second-order valence-corrected chi connectivity index (χ2v) is 4.72. The topological polar surface area (TPSA) is 109 Å². The van der Waals surface area contributed by atoms with Crippen molar-refractivity contribution in [3.05, 3.63) is 33.8 Å². The van der Waals surface area contributed by atoms with Crippen LogP contribution in [0.1, 0.15) is 5.56 Å². The molecule has 1 atom stereocenters. The Morgan fingerprint density at radius 1 is 1.37 bits per heavy atom. The Morgan fingerprint density at radius 3 is 2.63 bits per heavy atom. The van der Waals surface area contributed by atoms with Crippen LogP contribution >= 0.6 is 23.2 Å². The summed E-state index contributed by atoms with van der Waals surface area (Å²) in [6.45, 7) is 0.0549. The zero-order valence-electron chi connectivity index (χ0n) is 9.99. The van der Waals surface area contributed by atoms with Crippen LogP contribution in [0.4, 0.5) is 9.59 Å². The van der Waals surface area contributed by atoms with Crippen LogP contribution in [-0.2, 0) is 11.2 Å². The summed E-state index contributed by atoms with van der Waals surface area (Å²) in [5, 5.41) is 2.72. The molecule has 0 radical (unpaired) electrons. The van der Waals surface area contributed by atoms with Crippen molar-refractivity contribution in [2.75, 3.05) is 6.61 Å². The molecule has 1 rings (SSSR count). The molecule has 1 aromatic rings. The molecule has 0 aromatic heterocycles. The zero-order valence-corrected chi connectivity index (χ0v) is 11.5. The lowest BCUT2D eigenvalue weighted by Crippen LogP contribution is -2.64. The Morgan fingerprint density at radius 2 is 2.05 bits per heavy atom. The molecule has 8 heteroatoms. The number of amides is 3. The van der Waals surface area contributed by atoms with E-state index in [1.54, 1.807) is 17.4 Å². The van der Waals surface area contributed by atoms with Gasteiger partial charge in [0.2, 0.25) is 0 Å². The van der Waals surface area contributed by atoms with Crippen LogP contribution in [0.3, 0.4) is 0 Å². The van der Waals surface area contributed by atoms with Gasteiger partial charge in [0.05, 0.1) is 10.0 Å². The lowest BCUT2D eigenvalue weighted by molar-refractivity contribution is -0.424. The van der Waals surface area contributed by atoms with Crippen molar-refractivity contribution in [1.82, 2.24) is 5.32 Å². The number of imide groups is 1. The minimum absolute atomic E-state index is 0.0549. The van der Waals surface area contributed by atoms with Crippen LogP contribution in [0, 0.1) is 0 Å². The molecule has 0 aliphatic carbocycles. The molecule has 0 aliphatic heterocycles. The third-order valence-corrected chi connectivity index (χ3v) is 2.92. The second kappa shape index (κ2) is 7.18. The summed E-state index contributed by atoms with van der Waals surface area (Å²) in [7, 11) is 0. The van der Waals surface area contributed by atoms with E-state index in [0.29, 0.717) is 16.5 Å². The average Bonchev–Trinajstić information content (AvgIpc) is 2.30. The highest BCUT2D eigenvalue weighted by Gasteiger charge is 2.13. The number of halogens is 2. The number of benzene rings is 1. The van der Waals surface area contributed by atoms with E-state index in [0.717, 1.165) is 5.56 Å². The second-order valence-electron chi connectivity index (χ2n) is 3.91. The molecule has 0 saturated carbocycles. The summed E-state index contributed by atoms with van der Waals surface area (Å²) in [6.07, 6.45) is -0.337. The molecule has 1 aromatic carbocycles. The monoisotopic (exact) mass is 306 g/mol. The van der Waals surface area contributed by atoms with Crippen LogP contribution < -0.4 is 16.8 Å². The summed E-state index contributed by atoms with van der Waals surface area (Å²) in [5.41, 5.74) is 9.52. The fraction of sp³-hybridized carbons (Fsp3) is 0.273. The predicted molar refractivity (Wildman–Crippen MR) is 70.9 cm³/mol. The molecule has 0 bridgehead atoms. The Labute approximate surface area is 120 Å². The molecule has 3 amide bonds. The summed E-state index contributed by atoms with van der Waals surface area (Å²) >= 11 is 11.7. The number of hydrogen-bond donors (Lipinski definition) is 3. The largest absolute Gasteiger partial charge is 0.443 e. The number of quaternary nitrogens is 1. The fourth-order valence-electron chi connectivity index (χ4n) is 1.39. The Balaban J connectivity index is 2.42. The molecular weight excluding hydrogens is 293 g/mol. The molecule has 0 aliphatic rings. The Kier molecular flexibility index (Phi) is 5.88. The van der Waals surface area contributed by atoms with Crippen molar-refractivity contribution in [3.63, 3.8) is 0 Å². The van der Waals surface area contributed by atoms with E-state index in [1.807, 2.05) is 6.07 Å². The maximum atomic E-state index is 11.0. The highest BCUT2D eigenvalue weighted by Crippen LogP contribution is 2.22. The van der Waals surface area contributed by atoms with Gasteiger partial charge in [0, 0.05) is 6.42 Å². The van der Waals surface area contributed by atoms with E-state index in [2.05, 4.69) is 5.73 Å². The van der Waals surface area contributed by atoms with Gasteiger partial charge in [-0.1, -0.05) is 29.3 Å². The molecule has 0 unspecified atom stereocenters. The van der Waals surface area contributed by atoms with Gasteiger partial charge in [0.1, 0.15) is 12.6 Å². The zero-order chi connectivity index (χ0) is 14.4. The van der Waals surface area contributed by atoms with Crippen LogP contribution in [-0.4, -0.2) is 24.8 Å². The van der Waals surface area contributed by atoms with Crippen molar-refractivity contribution in [2.45, 2.75) is 12.5 Å². The Hall–Kier alpha value is -1.50. The molecule has 6 nitrogen and oxygen atoms in total. The number of rotatable bonds is 4. The van der Waals surface area contributed by atoms with Gasteiger partial charge >= 0.3 is 12.1 Å². The number of nitrogens with two attached hydrogens (primary N) is 1. The first-order chi connectivity index (χ1) is 8.88. The highest BCUT2D eigenvalue weighted by molar-refractivity contribution is 6.42. The van der Waals surface area contributed by atoms with E-state index in [-0.39, 0.29) is 12.6 Å². The number of nitrogens with one attached hydrogen (secondary N) is 1. The van der Waals surface area contributed by atoms with E-state index in [9.17, 15) is 9.59 Å². The normalized spacial score (nSPS) is 11.7. The lowest BCUT2D eigenvalue weighted by atomic mass is 10.1. The lowest BCUT2D eigenvalue weighted by Gasteiger charge is -2.10. The van der Waals surface area contributed by atoms with Crippen molar-refractivity contribution < 1.29 is 20.1 Å². The minimum atomic E-state index is -0.963. The minimum Gasteiger partial charge on any atom is -0.443 e. The number of urea groups is 1. The van der Waals surface area contributed by atoms with E-state index < -0.39 is 12.1 Å². The number of carbonyl (C=O) groups is 2. The number of hydrogen-bond acceptors (Lipinski definition) is 3. The first-order valence-electron chi connectivity index (χ1n) is 5.38. The smallest absolute Gasteiger partial charge is 0.415 e. The van der Waals surface area contributed by atoms with Crippen molar-refractivity contribution in [3.8, 4) is 0 Å². The maximum absolute atomic E-state index is 11.0. The fourth-order valence-corrected chi connectivity index (χ4v) is 1.71. The van der Waals surface area contributed by atoms with Crippen LogP contribution in [0.25, 0.3) is 0 Å². The highest BCUT2D eigenvalue weighted by atomic mass is 35.5. The summed E-state index contributed by atoms with van der Waals surface area (Å²) < 4.78 is 4.77. The number of ether oxygens (including phenoxy) is 1. The first kappa shape index (κ1) is 15.6. The third kappa shape index (κ3) is 5.78. The van der Waals surface area contributed by atoms with Gasteiger partial charge in [-0.3, -0.25) is 0 Å². The van der Waals surface area contributed by atoms with Gasteiger partial charge in [-0.15, -0.1) is 0 Å². The predicted octanol–water partition coefficient (Wildman–Crippen LogP) is 0.951. The third-order valence-electron chi connectivity index (χ3n) is 2.18.